The number of ketones is 1. The van der Waals surface area contributed by atoms with Crippen LogP contribution in [0.15, 0.2) is 11.1 Å². The number of piperidine rings is 1. The monoisotopic (exact) mass is 479 g/mol. The van der Waals surface area contributed by atoms with Crippen LogP contribution >= 0.6 is 0 Å². The molecule has 10 atom stereocenters. The van der Waals surface area contributed by atoms with Gasteiger partial charge in [-0.1, -0.05) is 31.9 Å². The van der Waals surface area contributed by atoms with Gasteiger partial charge in [0.25, 0.3) is 0 Å². The summed E-state index contributed by atoms with van der Waals surface area (Å²) < 4.78 is 7.11. The van der Waals surface area contributed by atoms with E-state index in [1.54, 1.807) is 18.1 Å². The van der Waals surface area contributed by atoms with Gasteiger partial charge in [0.2, 0.25) is 5.91 Å². The summed E-state index contributed by atoms with van der Waals surface area (Å²) in [6, 6.07) is 0.242. The molecule has 0 N–H and O–H groups in total. The number of likely N-dealkylation sites (tertiary alicyclic amines) is 1. The Morgan fingerprint density at radius 2 is 1.91 bits per heavy atom. The third kappa shape index (κ3) is 2.69. The zero-order chi connectivity index (χ0) is 24.5. The fourth-order valence-electron chi connectivity index (χ4n) is 11.6. The van der Waals surface area contributed by atoms with Crippen LogP contribution < -0.4 is 0 Å². The highest BCUT2D eigenvalue weighted by Crippen LogP contribution is 2.90. The molecule has 35 heavy (non-hydrogen) atoms. The Morgan fingerprint density at radius 1 is 1.11 bits per heavy atom. The molecular formula is C31H45NO3. The molecule has 1 spiro atoms. The number of allylic oxidation sites excluding steroid dienone is 1. The number of hydrogen-bond acceptors (Lipinski definition) is 3. The molecule has 5 aliphatic carbocycles. The van der Waals surface area contributed by atoms with E-state index in [4.69, 9.17) is 4.74 Å². The predicted molar refractivity (Wildman–Crippen MR) is 136 cm³/mol. The van der Waals surface area contributed by atoms with E-state index in [9.17, 15) is 9.59 Å². The van der Waals surface area contributed by atoms with Gasteiger partial charge in [-0.25, -0.2) is 0 Å². The lowest BCUT2D eigenvalue weighted by Gasteiger charge is -2.52. The lowest BCUT2D eigenvalue weighted by Crippen LogP contribution is -2.53. The fourth-order valence-corrected chi connectivity index (χ4v) is 11.6. The van der Waals surface area contributed by atoms with Crippen molar-refractivity contribution in [3.8, 4) is 0 Å². The van der Waals surface area contributed by atoms with Gasteiger partial charge in [-0.05, 0) is 98.7 Å². The minimum absolute atomic E-state index is 0.110. The van der Waals surface area contributed by atoms with Gasteiger partial charge in [0.15, 0.2) is 0 Å². The first-order valence-electron chi connectivity index (χ1n) is 14.7. The van der Waals surface area contributed by atoms with E-state index in [0.29, 0.717) is 39.8 Å². The van der Waals surface area contributed by atoms with Crippen molar-refractivity contribution < 1.29 is 14.3 Å². The van der Waals surface area contributed by atoms with Crippen molar-refractivity contribution in [3.05, 3.63) is 11.1 Å². The Bertz CT molecular complexity index is 1030. The lowest BCUT2D eigenvalue weighted by molar-refractivity contribution is -0.137. The van der Waals surface area contributed by atoms with Gasteiger partial charge in [-0.15, -0.1) is 0 Å². The van der Waals surface area contributed by atoms with E-state index in [2.05, 4.69) is 32.6 Å². The van der Waals surface area contributed by atoms with Crippen LogP contribution in [0.3, 0.4) is 0 Å². The number of rotatable bonds is 0. The number of carbonyl (C=O) groups excluding carboxylic acids is 2. The minimum Gasteiger partial charge on any atom is -0.369 e. The highest BCUT2D eigenvalue weighted by atomic mass is 16.5. The normalized spacial score (nSPS) is 54.5. The van der Waals surface area contributed by atoms with E-state index in [-0.39, 0.29) is 23.7 Å². The molecule has 4 heteroatoms. The summed E-state index contributed by atoms with van der Waals surface area (Å²) in [4.78, 5) is 27.1. The molecule has 7 aliphatic rings. The van der Waals surface area contributed by atoms with Crippen molar-refractivity contribution in [2.45, 2.75) is 123 Å². The Morgan fingerprint density at radius 3 is 2.69 bits per heavy atom. The summed E-state index contributed by atoms with van der Waals surface area (Å²) in [6.07, 6.45) is 12.8. The minimum atomic E-state index is -0.110. The molecule has 0 aromatic heterocycles. The third-order valence-corrected chi connectivity index (χ3v) is 13.3. The number of nitrogens with zero attached hydrogens (tertiary/aromatic N) is 1. The topological polar surface area (TPSA) is 46.6 Å². The number of carbonyl (C=O) groups is 2. The molecule has 2 saturated heterocycles. The molecule has 0 radical (unpaired) electrons. The molecule has 6 fully saturated rings. The van der Waals surface area contributed by atoms with Gasteiger partial charge in [0.1, 0.15) is 5.78 Å². The zero-order valence-corrected chi connectivity index (χ0v) is 22.6. The summed E-state index contributed by atoms with van der Waals surface area (Å²) in [7, 11) is 0. The smallest absolute Gasteiger partial charge is 0.219 e. The van der Waals surface area contributed by atoms with Crippen molar-refractivity contribution >= 4 is 11.7 Å². The summed E-state index contributed by atoms with van der Waals surface area (Å²) in [5.41, 5.74) is 4.61. The molecule has 1 amide bonds. The summed E-state index contributed by atoms with van der Waals surface area (Å²) in [6.45, 7) is 12.3. The highest BCUT2D eigenvalue weighted by Gasteiger charge is 2.82. The van der Waals surface area contributed by atoms with Gasteiger partial charge >= 0.3 is 0 Å². The van der Waals surface area contributed by atoms with Crippen molar-refractivity contribution in [2.75, 3.05) is 6.54 Å². The van der Waals surface area contributed by atoms with E-state index in [0.717, 1.165) is 51.0 Å². The summed E-state index contributed by atoms with van der Waals surface area (Å²) >= 11 is 0. The number of Topliss-reactive ketones (excluding diaryl/α,β-unsaturated/α-hetero) is 1. The van der Waals surface area contributed by atoms with Gasteiger partial charge < -0.3 is 9.64 Å². The Balaban J connectivity index is 1.22. The van der Waals surface area contributed by atoms with E-state index >= 15 is 0 Å². The zero-order valence-electron chi connectivity index (χ0n) is 22.6. The molecule has 4 nitrogen and oxygen atoms in total. The molecule has 4 saturated carbocycles. The van der Waals surface area contributed by atoms with Crippen LogP contribution in [0.4, 0.5) is 0 Å². The maximum atomic E-state index is 12.6. The first-order valence-corrected chi connectivity index (χ1v) is 14.7. The van der Waals surface area contributed by atoms with E-state index < -0.39 is 0 Å². The summed E-state index contributed by atoms with van der Waals surface area (Å²) in [5, 5.41) is 0. The molecule has 0 aromatic carbocycles. The standard InChI is InChI=1S/C31H45NO3/c1-18-12-26-27(32(16-18)21(4)33)20(3)30(35-26)11-8-25-24(19(2)14-30)15-31-17-29(25,31)10-6-22-13-23(34)7-9-28(22,31)5/h18,20,22,25-27H,6-17H2,1-5H3. The first-order chi connectivity index (χ1) is 16.6. The average Bonchev–Trinajstić information content (AvgIpc) is 3.34. The second-order valence-electron chi connectivity index (χ2n) is 14.6. The molecule has 7 rings (SSSR count). The van der Waals surface area contributed by atoms with Crippen molar-refractivity contribution in [2.24, 2.45) is 39.9 Å². The molecule has 2 aliphatic heterocycles. The predicted octanol–water partition coefficient (Wildman–Crippen LogP) is 6.08. The molecule has 10 unspecified atom stereocenters. The van der Waals surface area contributed by atoms with E-state index in [1.807, 2.05) is 0 Å². The van der Waals surface area contributed by atoms with Crippen molar-refractivity contribution in [3.63, 3.8) is 0 Å². The van der Waals surface area contributed by atoms with Gasteiger partial charge in [-0.2, -0.15) is 0 Å². The maximum Gasteiger partial charge on any atom is 0.219 e. The van der Waals surface area contributed by atoms with Crippen LogP contribution in [0, 0.1) is 39.9 Å². The Kier molecular flexibility index (Phi) is 4.62. The van der Waals surface area contributed by atoms with Crippen LogP contribution in [0.2, 0.25) is 0 Å². The maximum absolute atomic E-state index is 12.6. The van der Waals surface area contributed by atoms with Crippen LogP contribution in [0.5, 0.6) is 0 Å². The van der Waals surface area contributed by atoms with E-state index in [1.165, 1.54) is 32.1 Å². The molecule has 192 valence electrons. The third-order valence-electron chi connectivity index (χ3n) is 13.3. The van der Waals surface area contributed by atoms with Crippen LogP contribution in [-0.2, 0) is 14.3 Å². The largest absolute Gasteiger partial charge is 0.369 e. The van der Waals surface area contributed by atoms with Crippen LogP contribution in [0.1, 0.15) is 105 Å². The first kappa shape index (κ1) is 23.0. The molecule has 0 bridgehead atoms. The van der Waals surface area contributed by atoms with Crippen molar-refractivity contribution in [1.29, 1.82) is 0 Å². The Hall–Kier alpha value is -1.16. The summed E-state index contributed by atoms with van der Waals surface area (Å²) in [5.74, 6) is 2.98. The number of hydrogen-bond donors (Lipinski definition) is 0. The molecule has 2 heterocycles. The molecule has 0 aromatic rings. The van der Waals surface area contributed by atoms with Gasteiger partial charge in [-0.3, -0.25) is 9.59 Å². The van der Waals surface area contributed by atoms with Crippen LogP contribution in [0.25, 0.3) is 0 Å². The number of amides is 1. The van der Waals surface area contributed by atoms with Crippen LogP contribution in [-0.4, -0.2) is 40.9 Å². The number of ether oxygens (including phenoxy) is 1. The lowest BCUT2D eigenvalue weighted by atomic mass is 9.52. The highest BCUT2D eigenvalue weighted by molar-refractivity contribution is 5.80. The van der Waals surface area contributed by atoms with Crippen molar-refractivity contribution in [1.82, 2.24) is 4.90 Å². The Labute approximate surface area is 211 Å². The van der Waals surface area contributed by atoms with Gasteiger partial charge in [0, 0.05) is 32.2 Å². The molecular weight excluding hydrogens is 434 g/mol. The second kappa shape index (κ2) is 7.03. The van der Waals surface area contributed by atoms with Gasteiger partial charge in [0.05, 0.1) is 17.7 Å². The SMILES string of the molecule is CC(=O)N1CC(C)CC2OC3(CCC4C(=C(C)C3)CC35CC43CCC3CC(=O)CCC35C)C(C)C21. The second-order valence-corrected chi connectivity index (χ2v) is 14.6. The number of fused-ring (bicyclic) bond motifs is 3. The average molecular weight is 480 g/mol. The fraction of sp³-hybridized carbons (Fsp3) is 0.871. The quantitative estimate of drug-likeness (QED) is 0.395.